The van der Waals surface area contributed by atoms with Gasteiger partial charge >= 0.3 is 0 Å². The molecule has 1 unspecified atom stereocenters. The molecule has 0 saturated carbocycles. The molecule has 2 rings (SSSR count). The van der Waals surface area contributed by atoms with Crippen molar-refractivity contribution in [2.75, 3.05) is 30.4 Å². The number of hydrogen-bond acceptors (Lipinski definition) is 3. The van der Waals surface area contributed by atoms with Crippen LogP contribution in [0.15, 0.2) is 18.2 Å². The normalized spacial score (nSPS) is 18.9. The minimum absolute atomic E-state index is 0.0387. The summed E-state index contributed by atoms with van der Waals surface area (Å²) in [5.41, 5.74) is 3.04. The molecule has 1 atom stereocenters. The van der Waals surface area contributed by atoms with Crippen molar-refractivity contribution < 1.29 is 9.53 Å². The third-order valence-corrected chi connectivity index (χ3v) is 3.39. The Balaban J connectivity index is 1.90. The largest absolute Gasteiger partial charge is 0.385 e. The summed E-state index contributed by atoms with van der Waals surface area (Å²) in [6.45, 7) is 6.23. The highest BCUT2D eigenvalue weighted by Crippen LogP contribution is 2.21. The third kappa shape index (κ3) is 4.24. The van der Waals surface area contributed by atoms with E-state index < -0.39 is 0 Å². The molecule has 1 aliphatic heterocycles. The van der Waals surface area contributed by atoms with Gasteiger partial charge in [-0.2, -0.15) is 0 Å². The van der Waals surface area contributed by atoms with Crippen molar-refractivity contribution in [3.8, 4) is 0 Å². The molecule has 19 heavy (non-hydrogen) atoms. The van der Waals surface area contributed by atoms with E-state index in [0.717, 1.165) is 43.1 Å². The van der Waals surface area contributed by atoms with E-state index in [2.05, 4.69) is 16.7 Å². The Morgan fingerprint density at radius 3 is 2.95 bits per heavy atom. The van der Waals surface area contributed by atoms with E-state index in [9.17, 15) is 4.79 Å². The average Bonchev–Trinajstić information content (AvgIpc) is 2.40. The highest BCUT2D eigenvalue weighted by atomic mass is 16.5. The summed E-state index contributed by atoms with van der Waals surface area (Å²) in [5, 5.41) is 6.26. The molecule has 104 valence electrons. The fraction of sp³-hybridized carbons (Fsp3) is 0.533. The first-order valence-corrected chi connectivity index (χ1v) is 6.85. The van der Waals surface area contributed by atoms with E-state index in [-0.39, 0.29) is 5.91 Å². The predicted molar refractivity (Wildman–Crippen MR) is 77.5 cm³/mol. The molecule has 1 amide bonds. The Morgan fingerprint density at radius 1 is 1.47 bits per heavy atom. The zero-order chi connectivity index (χ0) is 13.7. The first kappa shape index (κ1) is 13.9. The van der Waals surface area contributed by atoms with Crippen LogP contribution in [0, 0.1) is 12.8 Å². The lowest BCUT2D eigenvalue weighted by atomic mass is 10.0. The van der Waals surface area contributed by atoms with Crippen LogP contribution in [0.1, 0.15) is 25.3 Å². The highest BCUT2D eigenvalue weighted by molar-refractivity contribution is 5.89. The summed E-state index contributed by atoms with van der Waals surface area (Å²) < 4.78 is 5.47. The number of hydrogen-bond donors (Lipinski definition) is 2. The Hall–Kier alpha value is -1.55. The molecule has 1 heterocycles. The summed E-state index contributed by atoms with van der Waals surface area (Å²) in [5.74, 6) is 0.562. The van der Waals surface area contributed by atoms with Crippen LogP contribution in [0.3, 0.4) is 0 Å². The van der Waals surface area contributed by atoms with Gasteiger partial charge in [0.05, 0.1) is 6.61 Å². The monoisotopic (exact) mass is 262 g/mol. The maximum atomic E-state index is 11.0. The maximum Gasteiger partial charge on any atom is 0.221 e. The number of rotatable bonds is 4. The summed E-state index contributed by atoms with van der Waals surface area (Å²) >= 11 is 0. The van der Waals surface area contributed by atoms with Crippen LogP contribution in [-0.2, 0) is 9.53 Å². The Labute approximate surface area is 114 Å². The smallest absolute Gasteiger partial charge is 0.221 e. The summed E-state index contributed by atoms with van der Waals surface area (Å²) in [6, 6.07) is 6.01. The number of benzene rings is 1. The van der Waals surface area contributed by atoms with Gasteiger partial charge in [-0.1, -0.05) is 0 Å². The Kier molecular flexibility index (Phi) is 4.80. The first-order chi connectivity index (χ1) is 9.15. The molecule has 1 aromatic carbocycles. The lowest BCUT2D eigenvalue weighted by molar-refractivity contribution is -0.114. The summed E-state index contributed by atoms with van der Waals surface area (Å²) in [4.78, 5) is 11.0. The molecule has 0 spiro atoms. The van der Waals surface area contributed by atoms with Crippen LogP contribution in [0.4, 0.5) is 11.4 Å². The maximum absolute atomic E-state index is 11.0. The fourth-order valence-electron chi connectivity index (χ4n) is 2.33. The van der Waals surface area contributed by atoms with E-state index in [1.807, 2.05) is 19.1 Å². The first-order valence-electron chi connectivity index (χ1n) is 6.85. The molecule has 4 nitrogen and oxygen atoms in total. The van der Waals surface area contributed by atoms with Crippen LogP contribution in [0.2, 0.25) is 0 Å². The molecule has 0 radical (unpaired) electrons. The minimum Gasteiger partial charge on any atom is -0.385 e. The van der Waals surface area contributed by atoms with Gasteiger partial charge < -0.3 is 15.4 Å². The zero-order valence-electron chi connectivity index (χ0n) is 11.7. The molecular weight excluding hydrogens is 240 g/mol. The molecule has 0 aromatic heterocycles. The topological polar surface area (TPSA) is 50.4 Å². The van der Waals surface area contributed by atoms with Crippen LogP contribution in [0.5, 0.6) is 0 Å². The van der Waals surface area contributed by atoms with Gasteiger partial charge in [-0.05, 0) is 49.4 Å². The second-order valence-electron chi connectivity index (χ2n) is 5.17. The molecule has 1 saturated heterocycles. The molecule has 1 aromatic rings. The van der Waals surface area contributed by atoms with Gasteiger partial charge in [0.25, 0.3) is 0 Å². The van der Waals surface area contributed by atoms with Gasteiger partial charge in [-0.15, -0.1) is 0 Å². The lowest BCUT2D eigenvalue weighted by Gasteiger charge is -2.23. The SMILES string of the molecule is CC(=O)Nc1ccc(NCC2CCCOC2)cc1C. The van der Waals surface area contributed by atoms with E-state index in [1.54, 1.807) is 0 Å². The molecule has 4 heteroatoms. The fourth-order valence-corrected chi connectivity index (χ4v) is 2.33. The number of aryl methyl sites for hydroxylation is 1. The van der Waals surface area contributed by atoms with Crippen molar-refractivity contribution in [2.24, 2.45) is 5.92 Å². The van der Waals surface area contributed by atoms with Crippen molar-refractivity contribution in [3.63, 3.8) is 0 Å². The van der Waals surface area contributed by atoms with Crippen molar-refractivity contribution in [3.05, 3.63) is 23.8 Å². The molecular formula is C15H22N2O2. The predicted octanol–water partition coefficient (Wildman–Crippen LogP) is 2.79. The minimum atomic E-state index is -0.0387. The number of carbonyl (C=O) groups excluding carboxylic acids is 1. The summed E-state index contributed by atoms with van der Waals surface area (Å²) in [6.07, 6.45) is 2.39. The van der Waals surface area contributed by atoms with Gasteiger partial charge in [-0.25, -0.2) is 0 Å². The van der Waals surface area contributed by atoms with Crippen molar-refractivity contribution in [1.29, 1.82) is 0 Å². The zero-order valence-corrected chi connectivity index (χ0v) is 11.7. The van der Waals surface area contributed by atoms with Gasteiger partial charge in [0, 0.05) is 31.5 Å². The van der Waals surface area contributed by atoms with Crippen LogP contribution < -0.4 is 10.6 Å². The summed E-state index contributed by atoms with van der Waals surface area (Å²) in [7, 11) is 0. The van der Waals surface area contributed by atoms with Crippen molar-refractivity contribution in [1.82, 2.24) is 0 Å². The molecule has 2 N–H and O–H groups in total. The van der Waals surface area contributed by atoms with Gasteiger partial charge in [0.15, 0.2) is 0 Å². The Bertz CT molecular complexity index is 440. The third-order valence-electron chi connectivity index (χ3n) is 3.39. The van der Waals surface area contributed by atoms with Crippen LogP contribution in [-0.4, -0.2) is 25.7 Å². The van der Waals surface area contributed by atoms with Gasteiger partial charge in [0.2, 0.25) is 5.91 Å². The molecule has 1 aliphatic rings. The van der Waals surface area contributed by atoms with E-state index in [4.69, 9.17) is 4.74 Å². The van der Waals surface area contributed by atoms with Crippen molar-refractivity contribution >= 4 is 17.3 Å². The van der Waals surface area contributed by atoms with Crippen LogP contribution in [0.25, 0.3) is 0 Å². The van der Waals surface area contributed by atoms with Gasteiger partial charge in [0.1, 0.15) is 0 Å². The highest BCUT2D eigenvalue weighted by Gasteiger charge is 2.13. The van der Waals surface area contributed by atoms with Crippen molar-refractivity contribution in [2.45, 2.75) is 26.7 Å². The van der Waals surface area contributed by atoms with E-state index in [1.165, 1.54) is 13.3 Å². The number of nitrogens with one attached hydrogen (secondary N) is 2. The Morgan fingerprint density at radius 2 is 2.32 bits per heavy atom. The second-order valence-corrected chi connectivity index (χ2v) is 5.17. The van der Waals surface area contributed by atoms with Crippen LogP contribution >= 0.6 is 0 Å². The second kappa shape index (κ2) is 6.57. The molecule has 0 bridgehead atoms. The van der Waals surface area contributed by atoms with E-state index >= 15 is 0 Å². The number of carbonyl (C=O) groups is 1. The van der Waals surface area contributed by atoms with E-state index in [0.29, 0.717) is 5.92 Å². The number of anilines is 2. The standard InChI is InChI=1S/C15H22N2O2/c1-11-8-14(5-6-15(11)17-12(2)18)16-9-13-4-3-7-19-10-13/h5-6,8,13,16H,3-4,7,9-10H2,1-2H3,(H,17,18). The average molecular weight is 262 g/mol. The molecule has 1 fully saturated rings. The quantitative estimate of drug-likeness (QED) is 0.877. The van der Waals surface area contributed by atoms with Gasteiger partial charge in [-0.3, -0.25) is 4.79 Å². The molecule has 0 aliphatic carbocycles. The number of amides is 1. The lowest BCUT2D eigenvalue weighted by Crippen LogP contribution is -2.24. The number of ether oxygens (including phenoxy) is 1.